The van der Waals surface area contributed by atoms with Crippen molar-refractivity contribution in [2.45, 2.75) is 6.18 Å². The van der Waals surface area contributed by atoms with E-state index in [1.165, 1.54) is 12.1 Å². The molecule has 0 radical (unpaired) electrons. The van der Waals surface area contributed by atoms with Gasteiger partial charge in [-0.25, -0.2) is 14.6 Å². The molecule has 0 aliphatic heterocycles. The molecule has 11 heteroatoms. The Labute approximate surface area is 170 Å². The quantitative estimate of drug-likeness (QED) is 0.227. The average Bonchev–Trinajstić information content (AvgIpc) is 2.68. The lowest BCUT2D eigenvalue weighted by molar-refractivity contribution is -0.145. The number of rotatable bonds is 5. The van der Waals surface area contributed by atoms with Gasteiger partial charge in [0, 0.05) is 16.1 Å². The van der Waals surface area contributed by atoms with E-state index in [2.05, 4.69) is 30.4 Å². The zero-order valence-electron chi connectivity index (χ0n) is 14.9. The Balaban J connectivity index is 2.59. The molecule has 1 heterocycles. The van der Waals surface area contributed by atoms with Gasteiger partial charge < -0.3 is 19.3 Å². The van der Waals surface area contributed by atoms with Gasteiger partial charge in [0.25, 0.3) is 0 Å². The van der Waals surface area contributed by atoms with Crippen LogP contribution in [-0.4, -0.2) is 36.2 Å². The monoisotopic (exact) mass is 475 g/mol. The normalized spacial score (nSPS) is 10.8. The summed E-state index contributed by atoms with van der Waals surface area (Å²) in [7, 11) is 1.77. The number of halogens is 4. The van der Waals surface area contributed by atoms with Crippen molar-refractivity contribution in [3.63, 3.8) is 0 Å². The van der Waals surface area contributed by atoms with Crippen molar-refractivity contribution in [3.05, 3.63) is 57.7 Å². The maximum atomic E-state index is 13.5. The zero-order valence-corrected chi connectivity index (χ0v) is 16.5. The molecule has 7 nitrogen and oxygen atoms in total. The van der Waals surface area contributed by atoms with Crippen LogP contribution < -0.4 is 4.74 Å². The molecule has 0 amide bonds. The van der Waals surface area contributed by atoms with Gasteiger partial charge in [0.15, 0.2) is 11.3 Å². The predicted octanol–water partition coefficient (Wildman–Crippen LogP) is 4.27. The summed E-state index contributed by atoms with van der Waals surface area (Å²) >= 11 is 3.21. The van der Waals surface area contributed by atoms with Gasteiger partial charge in [-0.1, -0.05) is 15.9 Å². The number of ether oxygens (including phenoxy) is 3. The molecular weight excluding hydrogens is 463 g/mol. The van der Waals surface area contributed by atoms with E-state index >= 15 is 0 Å². The van der Waals surface area contributed by atoms with E-state index in [0.29, 0.717) is 0 Å². The number of nitrogens with zero attached hydrogens (tertiary/aromatic N) is 1. The first kappa shape index (κ1) is 22.2. The fourth-order valence-corrected chi connectivity index (χ4v) is 2.41. The van der Waals surface area contributed by atoms with Crippen LogP contribution in [0.3, 0.4) is 0 Å². The molecule has 2 rings (SSSR count). The molecule has 1 aromatic heterocycles. The molecule has 0 unspecified atom stereocenters. The topological polar surface area (TPSA) is 95.0 Å². The van der Waals surface area contributed by atoms with Crippen LogP contribution in [-0.2, 0) is 25.2 Å². The number of methoxy groups -OCH3 is 2. The summed E-state index contributed by atoms with van der Waals surface area (Å²) < 4.78 is 55.2. The van der Waals surface area contributed by atoms with Gasteiger partial charge in [-0.2, -0.15) is 13.2 Å². The number of hydrogen-bond acceptors (Lipinski definition) is 7. The van der Waals surface area contributed by atoms with Crippen LogP contribution in [0.25, 0.3) is 5.76 Å². The molecule has 1 aromatic carbocycles. The SMILES string of the molecule is COC(=O)C(C(=O)OC)=C(O)c1ccc(Oc2ccc(Br)cc2)nc1C(F)(F)F. The summed E-state index contributed by atoms with van der Waals surface area (Å²) in [6.07, 6.45) is -5.04. The highest BCUT2D eigenvalue weighted by Gasteiger charge is 2.39. The summed E-state index contributed by atoms with van der Waals surface area (Å²) in [5.41, 5.74) is -3.61. The number of esters is 2. The minimum Gasteiger partial charge on any atom is -0.506 e. The Morgan fingerprint density at radius 3 is 2.03 bits per heavy atom. The van der Waals surface area contributed by atoms with Crippen molar-refractivity contribution in [1.82, 2.24) is 4.98 Å². The van der Waals surface area contributed by atoms with Crippen LogP contribution in [0.1, 0.15) is 11.3 Å². The number of hydrogen-bond donors (Lipinski definition) is 1. The minimum absolute atomic E-state index is 0.214. The van der Waals surface area contributed by atoms with Crippen molar-refractivity contribution in [3.8, 4) is 11.6 Å². The smallest absolute Gasteiger partial charge is 0.434 e. The van der Waals surface area contributed by atoms with E-state index in [-0.39, 0.29) is 5.75 Å². The zero-order chi connectivity index (χ0) is 21.8. The van der Waals surface area contributed by atoms with Gasteiger partial charge in [-0.15, -0.1) is 0 Å². The van der Waals surface area contributed by atoms with Crippen LogP contribution in [0.5, 0.6) is 11.6 Å². The maximum Gasteiger partial charge on any atom is 0.434 e. The van der Waals surface area contributed by atoms with E-state index < -0.39 is 46.6 Å². The van der Waals surface area contributed by atoms with Gasteiger partial charge in [0.1, 0.15) is 11.5 Å². The molecule has 0 saturated heterocycles. The highest BCUT2D eigenvalue weighted by Crippen LogP contribution is 2.36. The summed E-state index contributed by atoms with van der Waals surface area (Å²) in [6, 6.07) is 8.07. The van der Waals surface area contributed by atoms with Gasteiger partial charge in [0.2, 0.25) is 5.88 Å². The molecule has 0 fully saturated rings. The van der Waals surface area contributed by atoms with E-state index in [9.17, 15) is 27.9 Å². The summed E-state index contributed by atoms with van der Waals surface area (Å²) in [5.74, 6) is -4.26. The summed E-state index contributed by atoms with van der Waals surface area (Å²) in [6.45, 7) is 0. The number of carbonyl (C=O) groups excluding carboxylic acids is 2. The molecule has 0 aliphatic carbocycles. The second kappa shape index (κ2) is 8.95. The molecule has 29 heavy (non-hydrogen) atoms. The van der Waals surface area contributed by atoms with Crippen LogP contribution in [0.15, 0.2) is 46.4 Å². The molecule has 2 aromatic rings. The van der Waals surface area contributed by atoms with Crippen LogP contribution in [0, 0.1) is 0 Å². The fourth-order valence-electron chi connectivity index (χ4n) is 2.14. The number of carbonyl (C=O) groups is 2. The Kier molecular flexibility index (Phi) is 6.85. The third-order valence-corrected chi connectivity index (χ3v) is 3.97. The number of aromatic nitrogens is 1. The molecule has 154 valence electrons. The van der Waals surface area contributed by atoms with Gasteiger partial charge in [-0.3, -0.25) is 0 Å². The number of pyridine rings is 1. The molecule has 0 bridgehead atoms. The average molecular weight is 476 g/mol. The van der Waals surface area contributed by atoms with Gasteiger partial charge in [0.05, 0.1) is 14.2 Å². The lowest BCUT2D eigenvalue weighted by atomic mass is 10.1. The highest BCUT2D eigenvalue weighted by molar-refractivity contribution is 9.10. The molecular formula is C18H13BrF3NO6. The third kappa shape index (κ3) is 5.25. The lowest BCUT2D eigenvalue weighted by Crippen LogP contribution is -2.20. The molecule has 0 aliphatic rings. The van der Waals surface area contributed by atoms with Crippen molar-refractivity contribution < 1.29 is 42.1 Å². The second-order valence-corrected chi connectivity index (χ2v) is 6.22. The summed E-state index contributed by atoms with van der Waals surface area (Å²) in [5, 5.41) is 10.2. The first-order valence-electron chi connectivity index (χ1n) is 7.70. The van der Waals surface area contributed by atoms with Crippen molar-refractivity contribution in [2.24, 2.45) is 0 Å². The van der Waals surface area contributed by atoms with Crippen molar-refractivity contribution in [1.29, 1.82) is 0 Å². The van der Waals surface area contributed by atoms with E-state index in [0.717, 1.165) is 30.8 Å². The maximum absolute atomic E-state index is 13.5. The number of alkyl halides is 3. The first-order valence-corrected chi connectivity index (χ1v) is 8.49. The third-order valence-electron chi connectivity index (χ3n) is 3.45. The van der Waals surface area contributed by atoms with E-state index in [1.54, 1.807) is 12.1 Å². The Hall–Kier alpha value is -3.08. The molecule has 1 N–H and O–H groups in total. The van der Waals surface area contributed by atoms with Crippen LogP contribution in [0.2, 0.25) is 0 Å². The van der Waals surface area contributed by atoms with Crippen LogP contribution >= 0.6 is 15.9 Å². The van der Waals surface area contributed by atoms with Crippen LogP contribution in [0.4, 0.5) is 13.2 Å². The standard InChI is InChI=1S/C18H13BrF3NO6/c1-27-16(25)13(17(26)28-2)14(24)11-7-8-12(23-15(11)18(20,21)22)29-10-5-3-9(19)4-6-10/h3-8,24H,1-2H3. The molecule has 0 spiro atoms. The molecule has 0 saturated carbocycles. The van der Waals surface area contributed by atoms with Crippen molar-refractivity contribution in [2.75, 3.05) is 14.2 Å². The minimum atomic E-state index is -5.04. The Bertz CT molecular complexity index is 939. The molecule has 0 atom stereocenters. The number of benzene rings is 1. The van der Waals surface area contributed by atoms with E-state index in [4.69, 9.17) is 4.74 Å². The summed E-state index contributed by atoms with van der Waals surface area (Å²) in [4.78, 5) is 26.9. The largest absolute Gasteiger partial charge is 0.506 e. The highest BCUT2D eigenvalue weighted by atomic mass is 79.9. The Morgan fingerprint density at radius 1 is 1.00 bits per heavy atom. The first-order chi connectivity index (χ1) is 13.6. The van der Waals surface area contributed by atoms with E-state index in [1.807, 2.05) is 0 Å². The van der Waals surface area contributed by atoms with Gasteiger partial charge >= 0.3 is 18.1 Å². The predicted molar refractivity (Wildman–Crippen MR) is 97.0 cm³/mol. The Morgan fingerprint density at radius 2 is 1.55 bits per heavy atom. The van der Waals surface area contributed by atoms with Gasteiger partial charge in [-0.05, 0) is 30.3 Å². The second-order valence-electron chi connectivity index (χ2n) is 5.31. The fraction of sp³-hybridized carbons (Fsp3) is 0.167. The lowest BCUT2D eigenvalue weighted by Gasteiger charge is -2.15. The van der Waals surface area contributed by atoms with Crippen molar-refractivity contribution >= 4 is 33.6 Å². The number of aliphatic hydroxyl groups is 1. The number of aliphatic hydroxyl groups excluding tert-OH is 1.